The quantitative estimate of drug-likeness (QED) is 0.563. The van der Waals surface area contributed by atoms with Gasteiger partial charge in [0.25, 0.3) is 5.56 Å². The number of benzene rings is 1. The van der Waals surface area contributed by atoms with Gasteiger partial charge in [-0.15, -0.1) is 11.3 Å². The fourth-order valence-electron chi connectivity index (χ4n) is 2.90. The maximum atomic E-state index is 12.2. The highest BCUT2D eigenvalue weighted by atomic mass is 32.1. The summed E-state index contributed by atoms with van der Waals surface area (Å²) in [6.45, 7) is 2.32. The molecule has 0 bridgehead atoms. The van der Waals surface area contributed by atoms with Gasteiger partial charge >= 0.3 is 0 Å². The van der Waals surface area contributed by atoms with Crippen LogP contribution in [0.25, 0.3) is 15.9 Å². The van der Waals surface area contributed by atoms with E-state index in [2.05, 4.69) is 20.4 Å². The van der Waals surface area contributed by atoms with E-state index in [0.717, 1.165) is 27.1 Å². The summed E-state index contributed by atoms with van der Waals surface area (Å²) in [5.41, 5.74) is 3.30. The van der Waals surface area contributed by atoms with Gasteiger partial charge in [0.15, 0.2) is 0 Å². The number of carbonyl (C=O) groups excluding carboxylic acids is 1. The topological polar surface area (TPSA) is 92.2 Å². The van der Waals surface area contributed by atoms with Crippen LogP contribution in [0.2, 0.25) is 0 Å². The van der Waals surface area contributed by atoms with E-state index in [1.807, 2.05) is 29.6 Å². The summed E-state index contributed by atoms with van der Waals surface area (Å²) in [6.07, 6.45) is 2.53. The summed E-state index contributed by atoms with van der Waals surface area (Å²) in [4.78, 5) is 31.7. The number of amides is 1. The normalized spacial score (nSPS) is 11.3. The Morgan fingerprint density at radius 1 is 1.35 bits per heavy atom. The summed E-state index contributed by atoms with van der Waals surface area (Å²) in [5.74, 6) is -0.0319. The molecule has 0 unspecified atom stereocenters. The SMILES string of the molecule is Cc1cc2cc(CC(=O)NCCc3csc4ncnn34)ccc2[nH]c1=O. The lowest BCUT2D eigenvalue weighted by Crippen LogP contribution is -2.27. The number of nitrogens with zero attached hydrogens (tertiary/aromatic N) is 3. The van der Waals surface area contributed by atoms with Crippen molar-refractivity contribution < 1.29 is 4.79 Å². The Kier molecular flexibility index (Phi) is 4.26. The van der Waals surface area contributed by atoms with E-state index in [4.69, 9.17) is 0 Å². The molecule has 4 aromatic rings. The Hall–Kier alpha value is -3.00. The molecular weight excluding hydrogens is 350 g/mol. The minimum Gasteiger partial charge on any atom is -0.355 e. The van der Waals surface area contributed by atoms with Crippen LogP contribution in [0.1, 0.15) is 16.8 Å². The molecule has 0 fully saturated rings. The summed E-state index contributed by atoms with van der Waals surface area (Å²) < 4.78 is 1.79. The number of rotatable bonds is 5. The largest absolute Gasteiger partial charge is 0.355 e. The Balaban J connectivity index is 1.38. The van der Waals surface area contributed by atoms with Gasteiger partial charge in [-0.3, -0.25) is 9.59 Å². The van der Waals surface area contributed by atoms with Crippen molar-refractivity contribution in [1.82, 2.24) is 24.9 Å². The van der Waals surface area contributed by atoms with Crippen LogP contribution in [0.5, 0.6) is 0 Å². The highest BCUT2D eigenvalue weighted by molar-refractivity contribution is 7.15. The number of carbonyl (C=O) groups is 1. The van der Waals surface area contributed by atoms with Gasteiger partial charge in [-0.2, -0.15) is 5.10 Å². The number of hydrogen-bond donors (Lipinski definition) is 2. The van der Waals surface area contributed by atoms with Crippen LogP contribution in [0.3, 0.4) is 0 Å². The van der Waals surface area contributed by atoms with E-state index < -0.39 is 0 Å². The summed E-state index contributed by atoms with van der Waals surface area (Å²) in [6, 6.07) is 7.49. The Morgan fingerprint density at radius 2 is 2.23 bits per heavy atom. The third-order valence-electron chi connectivity index (χ3n) is 4.25. The molecule has 0 saturated heterocycles. The number of H-pyrrole nitrogens is 1. The molecule has 0 aliphatic heterocycles. The average molecular weight is 367 g/mol. The minimum absolute atomic E-state index is 0.0319. The van der Waals surface area contributed by atoms with Crippen molar-refractivity contribution in [2.75, 3.05) is 6.54 Å². The molecule has 0 spiro atoms. The number of thiazole rings is 1. The number of aryl methyl sites for hydroxylation is 1. The van der Waals surface area contributed by atoms with Crippen molar-refractivity contribution in [3.8, 4) is 0 Å². The smallest absolute Gasteiger partial charge is 0.251 e. The van der Waals surface area contributed by atoms with Gasteiger partial charge in [0.1, 0.15) is 6.33 Å². The summed E-state index contributed by atoms with van der Waals surface area (Å²) in [5, 5.41) is 10.0. The highest BCUT2D eigenvalue weighted by Gasteiger charge is 2.08. The molecule has 1 amide bonds. The van der Waals surface area contributed by atoms with Crippen LogP contribution in [-0.2, 0) is 17.6 Å². The zero-order chi connectivity index (χ0) is 18.1. The van der Waals surface area contributed by atoms with Gasteiger partial charge in [0.2, 0.25) is 10.9 Å². The van der Waals surface area contributed by atoms with Crippen molar-refractivity contribution in [1.29, 1.82) is 0 Å². The first-order valence-electron chi connectivity index (χ1n) is 8.25. The van der Waals surface area contributed by atoms with E-state index in [1.54, 1.807) is 11.4 Å². The standard InChI is InChI=1S/C18H17N5O2S/c1-11-6-13-7-12(2-3-15(13)22-17(11)25)8-16(24)19-5-4-14-9-26-18-20-10-21-23(14)18/h2-3,6-7,9-10H,4-5,8H2,1H3,(H,19,24)(H,22,25). The first kappa shape index (κ1) is 16.5. The zero-order valence-corrected chi connectivity index (χ0v) is 15.0. The van der Waals surface area contributed by atoms with Crippen molar-refractivity contribution in [2.24, 2.45) is 0 Å². The maximum Gasteiger partial charge on any atom is 0.251 e. The molecule has 0 aliphatic carbocycles. The first-order chi connectivity index (χ1) is 12.6. The van der Waals surface area contributed by atoms with Crippen LogP contribution in [0.15, 0.2) is 40.8 Å². The second-order valence-corrected chi connectivity index (χ2v) is 7.00. The zero-order valence-electron chi connectivity index (χ0n) is 14.2. The second-order valence-electron chi connectivity index (χ2n) is 6.16. The van der Waals surface area contributed by atoms with Crippen LogP contribution in [-0.4, -0.2) is 32.0 Å². The molecule has 3 heterocycles. The number of hydrogen-bond acceptors (Lipinski definition) is 5. The van der Waals surface area contributed by atoms with Crippen molar-refractivity contribution in [2.45, 2.75) is 19.8 Å². The van der Waals surface area contributed by atoms with Gasteiger partial charge in [-0.1, -0.05) is 6.07 Å². The maximum absolute atomic E-state index is 12.2. The lowest BCUT2D eigenvalue weighted by atomic mass is 10.1. The third kappa shape index (κ3) is 3.23. The average Bonchev–Trinajstić information content (AvgIpc) is 3.21. The van der Waals surface area contributed by atoms with Crippen LogP contribution in [0.4, 0.5) is 0 Å². The van der Waals surface area contributed by atoms with Gasteiger partial charge < -0.3 is 10.3 Å². The molecule has 0 saturated carbocycles. The van der Waals surface area contributed by atoms with E-state index in [1.165, 1.54) is 17.7 Å². The van der Waals surface area contributed by atoms with E-state index >= 15 is 0 Å². The second kappa shape index (κ2) is 6.72. The van der Waals surface area contributed by atoms with Crippen LogP contribution in [0, 0.1) is 6.92 Å². The minimum atomic E-state index is -0.0853. The Bertz CT molecular complexity index is 1160. The van der Waals surface area contributed by atoms with Gasteiger partial charge in [-0.05, 0) is 36.1 Å². The first-order valence-corrected chi connectivity index (χ1v) is 9.13. The summed E-state index contributed by atoms with van der Waals surface area (Å²) >= 11 is 1.54. The van der Waals surface area contributed by atoms with Crippen LogP contribution < -0.4 is 10.9 Å². The number of nitrogens with one attached hydrogen (secondary N) is 2. The van der Waals surface area contributed by atoms with E-state index in [0.29, 0.717) is 24.9 Å². The number of aromatic amines is 1. The third-order valence-corrected chi connectivity index (χ3v) is 5.13. The molecule has 132 valence electrons. The molecule has 2 N–H and O–H groups in total. The molecule has 1 aromatic carbocycles. The fourth-order valence-corrected chi connectivity index (χ4v) is 3.73. The molecule has 26 heavy (non-hydrogen) atoms. The van der Waals surface area contributed by atoms with Crippen molar-refractivity contribution in [3.05, 3.63) is 63.1 Å². The fraction of sp³-hybridized carbons (Fsp3) is 0.222. The molecule has 4 rings (SSSR count). The number of pyridine rings is 1. The van der Waals surface area contributed by atoms with Crippen LogP contribution >= 0.6 is 11.3 Å². The monoisotopic (exact) mass is 367 g/mol. The van der Waals surface area contributed by atoms with Crippen molar-refractivity contribution >= 4 is 33.1 Å². The van der Waals surface area contributed by atoms with E-state index in [9.17, 15) is 9.59 Å². The van der Waals surface area contributed by atoms with E-state index in [-0.39, 0.29) is 11.5 Å². The van der Waals surface area contributed by atoms with Gasteiger partial charge in [-0.25, -0.2) is 9.50 Å². The lowest BCUT2D eigenvalue weighted by Gasteiger charge is -2.06. The Morgan fingerprint density at radius 3 is 3.12 bits per heavy atom. The van der Waals surface area contributed by atoms with Crippen molar-refractivity contribution in [3.63, 3.8) is 0 Å². The predicted molar refractivity (Wildman–Crippen MR) is 101 cm³/mol. The number of fused-ring (bicyclic) bond motifs is 2. The molecule has 8 heteroatoms. The number of aromatic nitrogens is 4. The lowest BCUT2D eigenvalue weighted by molar-refractivity contribution is -0.120. The predicted octanol–water partition coefficient (Wildman–Crippen LogP) is 1.84. The molecule has 0 atom stereocenters. The molecular formula is C18H17N5O2S. The molecule has 0 aliphatic rings. The van der Waals surface area contributed by atoms with Gasteiger partial charge in [0.05, 0.1) is 12.1 Å². The highest BCUT2D eigenvalue weighted by Crippen LogP contribution is 2.15. The Labute approximate surface area is 152 Å². The molecule has 7 nitrogen and oxygen atoms in total. The molecule has 3 aromatic heterocycles. The molecule has 0 radical (unpaired) electrons. The van der Waals surface area contributed by atoms with Gasteiger partial charge in [0, 0.05) is 29.4 Å². The summed E-state index contributed by atoms with van der Waals surface area (Å²) in [7, 11) is 0.